The number of aliphatic hydroxyl groups excluding tert-OH is 1. The van der Waals surface area contributed by atoms with Crippen molar-refractivity contribution in [3.05, 3.63) is 30.1 Å². The molecule has 88 valence electrons. The van der Waals surface area contributed by atoms with Gasteiger partial charge in [0.25, 0.3) is 0 Å². The fourth-order valence-electron chi connectivity index (χ4n) is 2.21. The average Bonchev–Trinajstić information content (AvgIpc) is 2.85. The number of nitrogens with one attached hydrogen (secondary N) is 1. The summed E-state index contributed by atoms with van der Waals surface area (Å²) < 4.78 is 0. The third-order valence-corrected chi connectivity index (χ3v) is 3.05. The topological polar surface area (TPSA) is 69.2 Å². The summed E-state index contributed by atoms with van der Waals surface area (Å²) in [6.45, 7) is 0.977. The Hall–Kier alpha value is -1.88. The molecule has 1 fully saturated rings. The molecule has 0 bridgehead atoms. The number of rotatable bonds is 2. The van der Waals surface area contributed by atoms with E-state index < -0.39 is 6.10 Å². The molecule has 5 heteroatoms. The molecule has 1 aromatic carbocycles. The van der Waals surface area contributed by atoms with E-state index >= 15 is 0 Å². The van der Waals surface area contributed by atoms with E-state index in [2.05, 4.69) is 9.97 Å². The van der Waals surface area contributed by atoms with Gasteiger partial charge in [-0.1, -0.05) is 6.07 Å². The number of nitrogens with zero attached hydrogens (tertiary/aromatic N) is 2. The van der Waals surface area contributed by atoms with Crippen molar-refractivity contribution in [3.8, 4) is 0 Å². The number of likely N-dealkylation sites (tertiary alicyclic amines) is 1. The van der Waals surface area contributed by atoms with Crippen molar-refractivity contribution in [1.29, 1.82) is 0 Å². The van der Waals surface area contributed by atoms with Crippen LogP contribution in [0.4, 0.5) is 0 Å². The molecular weight excluding hydrogens is 218 g/mol. The number of amides is 1. The fourth-order valence-corrected chi connectivity index (χ4v) is 2.21. The lowest BCUT2D eigenvalue weighted by Gasteiger charge is -2.15. The van der Waals surface area contributed by atoms with Crippen molar-refractivity contribution in [3.63, 3.8) is 0 Å². The first-order valence-corrected chi connectivity index (χ1v) is 5.60. The Balaban J connectivity index is 1.82. The van der Waals surface area contributed by atoms with E-state index in [0.29, 0.717) is 13.1 Å². The van der Waals surface area contributed by atoms with Crippen LogP contribution in [0.2, 0.25) is 0 Å². The molecule has 0 spiro atoms. The van der Waals surface area contributed by atoms with Gasteiger partial charge in [0.1, 0.15) is 0 Å². The minimum absolute atomic E-state index is 0.0159. The molecule has 1 aliphatic heterocycles. The van der Waals surface area contributed by atoms with Gasteiger partial charge in [0.2, 0.25) is 5.91 Å². The maximum absolute atomic E-state index is 11.5. The maximum Gasteiger partial charge on any atom is 0.225 e. The van der Waals surface area contributed by atoms with Gasteiger partial charge in [-0.25, -0.2) is 4.98 Å². The molecule has 0 aliphatic carbocycles. The highest BCUT2D eigenvalue weighted by atomic mass is 16.3. The number of benzene rings is 1. The van der Waals surface area contributed by atoms with Crippen molar-refractivity contribution in [2.75, 3.05) is 6.54 Å². The number of β-amino-alcohol motifs (C(OH)–C–C–N with tert-alkyl or cyclic N) is 1. The molecular formula is C12H13N3O2. The number of aromatic amines is 1. The van der Waals surface area contributed by atoms with Gasteiger partial charge in [0, 0.05) is 13.1 Å². The Morgan fingerprint density at radius 3 is 3.18 bits per heavy atom. The third kappa shape index (κ3) is 1.89. The van der Waals surface area contributed by atoms with Gasteiger partial charge < -0.3 is 15.0 Å². The summed E-state index contributed by atoms with van der Waals surface area (Å²) in [5.74, 6) is 0.0159. The molecule has 1 aromatic heterocycles. The summed E-state index contributed by atoms with van der Waals surface area (Å²) in [7, 11) is 0. The number of aliphatic hydroxyl groups is 1. The monoisotopic (exact) mass is 231 g/mol. The Bertz CT molecular complexity index is 564. The van der Waals surface area contributed by atoms with E-state index in [1.54, 1.807) is 11.2 Å². The minimum atomic E-state index is -0.515. The lowest BCUT2D eigenvalue weighted by molar-refractivity contribution is -0.128. The number of H-pyrrole nitrogens is 1. The molecule has 17 heavy (non-hydrogen) atoms. The molecule has 3 rings (SSSR count). The summed E-state index contributed by atoms with van der Waals surface area (Å²) in [6.07, 6.45) is 1.38. The van der Waals surface area contributed by atoms with E-state index in [1.807, 2.05) is 18.2 Å². The first kappa shape index (κ1) is 10.3. The Morgan fingerprint density at radius 1 is 1.53 bits per heavy atom. The van der Waals surface area contributed by atoms with Crippen LogP contribution in [0.5, 0.6) is 0 Å². The van der Waals surface area contributed by atoms with Crippen molar-refractivity contribution < 1.29 is 9.90 Å². The summed E-state index contributed by atoms with van der Waals surface area (Å²) in [6, 6.07) is 5.87. The summed E-state index contributed by atoms with van der Waals surface area (Å²) >= 11 is 0. The Kier molecular flexibility index (Phi) is 2.33. The van der Waals surface area contributed by atoms with Gasteiger partial charge in [-0.15, -0.1) is 0 Å². The second kappa shape index (κ2) is 3.85. The SMILES string of the molecule is O=C1CC(O)CN1Cc1ccc2nc[nH]c2c1. The molecule has 2 heterocycles. The average molecular weight is 231 g/mol. The van der Waals surface area contributed by atoms with Gasteiger partial charge in [-0.3, -0.25) is 4.79 Å². The van der Waals surface area contributed by atoms with Crippen LogP contribution >= 0.6 is 0 Å². The van der Waals surface area contributed by atoms with E-state index in [-0.39, 0.29) is 12.3 Å². The smallest absolute Gasteiger partial charge is 0.225 e. The van der Waals surface area contributed by atoms with Gasteiger partial charge in [0.15, 0.2) is 0 Å². The quantitative estimate of drug-likeness (QED) is 0.797. The van der Waals surface area contributed by atoms with Crippen LogP contribution in [-0.2, 0) is 11.3 Å². The van der Waals surface area contributed by atoms with Crippen LogP contribution in [0.3, 0.4) is 0 Å². The highest BCUT2D eigenvalue weighted by Gasteiger charge is 2.27. The Morgan fingerprint density at radius 2 is 2.41 bits per heavy atom. The molecule has 1 amide bonds. The maximum atomic E-state index is 11.5. The number of carbonyl (C=O) groups excluding carboxylic acids is 1. The molecule has 2 N–H and O–H groups in total. The summed E-state index contributed by atoms with van der Waals surface area (Å²) in [5, 5.41) is 9.41. The zero-order chi connectivity index (χ0) is 11.8. The first-order chi connectivity index (χ1) is 8.22. The van der Waals surface area contributed by atoms with E-state index in [9.17, 15) is 9.90 Å². The molecule has 1 unspecified atom stereocenters. The Labute approximate surface area is 98.1 Å². The zero-order valence-corrected chi connectivity index (χ0v) is 9.26. The van der Waals surface area contributed by atoms with Gasteiger partial charge in [0.05, 0.1) is 29.9 Å². The van der Waals surface area contributed by atoms with Crippen LogP contribution in [0.1, 0.15) is 12.0 Å². The largest absolute Gasteiger partial charge is 0.391 e. The number of imidazole rings is 1. The molecule has 0 saturated carbocycles. The zero-order valence-electron chi connectivity index (χ0n) is 9.26. The predicted molar refractivity (Wildman–Crippen MR) is 62.1 cm³/mol. The lowest BCUT2D eigenvalue weighted by atomic mass is 10.2. The molecule has 5 nitrogen and oxygen atoms in total. The van der Waals surface area contributed by atoms with E-state index in [1.165, 1.54) is 0 Å². The number of carbonyl (C=O) groups is 1. The number of fused-ring (bicyclic) bond motifs is 1. The normalized spacial score (nSPS) is 20.4. The van der Waals surface area contributed by atoms with Crippen molar-refractivity contribution in [2.45, 2.75) is 19.1 Å². The minimum Gasteiger partial charge on any atom is -0.391 e. The van der Waals surface area contributed by atoms with Gasteiger partial charge in [-0.2, -0.15) is 0 Å². The van der Waals surface area contributed by atoms with Crippen LogP contribution in [0.25, 0.3) is 11.0 Å². The summed E-state index contributed by atoms with van der Waals surface area (Å²) in [5.41, 5.74) is 2.93. The second-order valence-corrected chi connectivity index (χ2v) is 4.39. The predicted octanol–water partition coefficient (Wildman–Crippen LogP) is 0.656. The number of hydrogen-bond donors (Lipinski definition) is 2. The van der Waals surface area contributed by atoms with Crippen molar-refractivity contribution in [2.24, 2.45) is 0 Å². The van der Waals surface area contributed by atoms with Crippen molar-refractivity contribution >= 4 is 16.9 Å². The standard InChI is InChI=1S/C12H13N3O2/c16-9-4-12(17)15(6-9)5-8-1-2-10-11(3-8)14-7-13-10/h1-3,7,9,16H,4-6H2,(H,13,14). The molecule has 1 saturated heterocycles. The van der Waals surface area contributed by atoms with E-state index in [4.69, 9.17) is 0 Å². The number of aromatic nitrogens is 2. The highest BCUT2D eigenvalue weighted by Crippen LogP contribution is 2.17. The highest BCUT2D eigenvalue weighted by molar-refractivity contribution is 5.79. The van der Waals surface area contributed by atoms with Crippen LogP contribution in [0.15, 0.2) is 24.5 Å². The summed E-state index contributed by atoms with van der Waals surface area (Å²) in [4.78, 5) is 20.4. The molecule has 0 radical (unpaired) electrons. The van der Waals surface area contributed by atoms with Gasteiger partial charge in [-0.05, 0) is 17.7 Å². The van der Waals surface area contributed by atoms with E-state index in [0.717, 1.165) is 16.6 Å². The third-order valence-electron chi connectivity index (χ3n) is 3.05. The number of hydrogen-bond acceptors (Lipinski definition) is 3. The van der Waals surface area contributed by atoms with Crippen LogP contribution in [-0.4, -0.2) is 38.5 Å². The second-order valence-electron chi connectivity index (χ2n) is 4.39. The first-order valence-electron chi connectivity index (χ1n) is 5.60. The van der Waals surface area contributed by atoms with Crippen molar-refractivity contribution in [1.82, 2.24) is 14.9 Å². The lowest BCUT2D eigenvalue weighted by Crippen LogP contribution is -2.25. The molecule has 1 atom stereocenters. The molecule has 2 aromatic rings. The van der Waals surface area contributed by atoms with Crippen LogP contribution in [0, 0.1) is 0 Å². The fraction of sp³-hybridized carbons (Fsp3) is 0.333. The molecule has 1 aliphatic rings. The van der Waals surface area contributed by atoms with Crippen LogP contribution < -0.4 is 0 Å². The van der Waals surface area contributed by atoms with Gasteiger partial charge >= 0.3 is 0 Å².